The maximum Gasteiger partial charge on any atom is 0.141 e. The van der Waals surface area contributed by atoms with Crippen molar-refractivity contribution in [2.24, 2.45) is 9.98 Å². The molecule has 1 rings (SSSR count). The number of hydrogen-bond acceptors (Lipinski definition) is 2. The monoisotopic (exact) mass is 146 g/mol. The van der Waals surface area contributed by atoms with Gasteiger partial charge < -0.3 is 0 Å². The van der Waals surface area contributed by atoms with Gasteiger partial charge >= 0.3 is 0 Å². The third-order valence-electron chi connectivity index (χ3n) is 0.485. The highest BCUT2D eigenvalue weighted by Crippen LogP contribution is 1.99. The number of nitrogens with zero attached hydrogens (tertiary/aromatic N) is 2. The van der Waals surface area contributed by atoms with Gasteiger partial charge in [-0.05, 0) is 0 Å². The van der Waals surface area contributed by atoms with Crippen LogP contribution in [0.3, 0.4) is 0 Å². The lowest BCUT2D eigenvalue weighted by atomic mass is 10.8. The van der Waals surface area contributed by atoms with Crippen molar-refractivity contribution in [1.29, 1.82) is 0 Å². The molecule has 0 aromatic rings. The third-order valence-corrected chi connectivity index (χ3v) is 0.958. The molecule has 32 valence electrons. The lowest BCUT2D eigenvalue weighted by molar-refractivity contribution is 1.31. The molecule has 0 radical (unpaired) electrons. The second kappa shape index (κ2) is 1.51. The average molecular weight is 147 g/mol. The lowest BCUT2D eigenvalue weighted by Gasteiger charge is -1.78. The van der Waals surface area contributed by atoms with Crippen LogP contribution in [0.5, 0.6) is 0 Å². The van der Waals surface area contributed by atoms with E-state index in [1.165, 1.54) is 6.34 Å². The van der Waals surface area contributed by atoms with Crippen LogP contribution >= 0.6 is 15.9 Å². The Kier molecular flexibility index (Phi) is 1.01. The van der Waals surface area contributed by atoms with Crippen LogP contribution in [0.1, 0.15) is 0 Å². The van der Waals surface area contributed by atoms with Crippen molar-refractivity contribution >= 4 is 28.5 Å². The number of aliphatic imine (C=N–C) groups is 2. The summed E-state index contributed by atoms with van der Waals surface area (Å²) in [4.78, 5) is 7.64. The van der Waals surface area contributed by atoms with Crippen LogP contribution in [0.4, 0.5) is 0 Å². The summed E-state index contributed by atoms with van der Waals surface area (Å²) in [6.07, 6.45) is 3.25. The van der Waals surface area contributed by atoms with Gasteiger partial charge in [0, 0.05) is 6.21 Å². The van der Waals surface area contributed by atoms with Crippen LogP contribution in [0.15, 0.2) is 9.98 Å². The van der Waals surface area contributed by atoms with Crippen molar-refractivity contribution < 1.29 is 0 Å². The summed E-state index contributed by atoms with van der Waals surface area (Å²) in [6.45, 7) is 0. The molecule has 0 saturated carbocycles. The smallest absolute Gasteiger partial charge is 0.141 e. The van der Waals surface area contributed by atoms with Gasteiger partial charge in [0.25, 0.3) is 0 Å². The fourth-order valence-electron chi connectivity index (χ4n) is 0.250. The molecule has 0 amide bonds. The van der Waals surface area contributed by atoms with Gasteiger partial charge in [-0.1, -0.05) is 15.9 Å². The maximum atomic E-state index is 3.81. The van der Waals surface area contributed by atoms with Gasteiger partial charge in [-0.25, -0.2) is 4.99 Å². The van der Waals surface area contributed by atoms with Gasteiger partial charge in [0.2, 0.25) is 0 Å². The van der Waals surface area contributed by atoms with Crippen molar-refractivity contribution in [3.63, 3.8) is 0 Å². The molecule has 1 aliphatic rings. The Hall–Kier alpha value is -0.180. The number of rotatable bonds is 0. The van der Waals surface area contributed by atoms with Crippen LogP contribution in [0, 0.1) is 0 Å². The summed E-state index contributed by atoms with van der Waals surface area (Å²) in [6, 6.07) is 0. The molecule has 2 nitrogen and oxygen atoms in total. The highest BCUT2D eigenvalue weighted by Gasteiger charge is 1.94. The minimum absolute atomic E-state index is 0.137. The maximum absolute atomic E-state index is 3.81. The minimum atomic E-state index is 0.137. The number of hydrogen-bond donors (Lipinski definition) is 0. The molecular weight excluding hydrogens is 144 g/mol. The van der Waals surface area contributed by atoms with Crippen LogP contribution in [-0.2, 0) is 0 Å². The van der Waals surface area contributed by atoms with E-state index < -0.39 is 0 Å². The summed E-state index contributed by atoms with van der Waals surface area (Å²) < 4.78 is 0. The Balaban J connectivity index is 2.60. The topological polar surface area (TPSA) is 24.7 Å². The summed E-state index contributed by atoms with van der Waals surface area (Å²) in [5.74, 6) is 0. The first-order valence-electron chi connectivity index (χ1n) is 1.58. The number of halogens is 1. The minimum Gasteiger partial charge on any atom is -0.253 e. The molecule has 1 aliphatic heterocycles. The SMILES string of the molecule is Br[C@@H]1C=NC=N1. The Morgan fingerprint density at radius 2 is 2.50 bits per heavy atom. The molecule has 0 aromatic carbocycles. The Morgan fingerprint density at radius 3 is 2.67 bits per heavy atom. The molecule has 0 spiro atoms. The van der Waals surface area contributed by atoms with E-state index in [0.29, 0.717) is 0 Å². The molecule has 0 bridgehead atoms. The third kappa shape index (κ3) is 0.653. The van der Waals surface area contributed by atoms with E-state index in [0.717, 1.165) is 0 Å². The molecule has 3 heteroatoms. The van der Waals surface area contributed by atoms with Gasteiger partial charge in [0.05, 0.1) is 0 Å². The van der Waals surface area contributed by atoms with Gasteiger partial charge in [-0.2, -0.15) is 0 Å². The van der Waals surface area contributed by atoms with E-state index in [1.807, 2.05) is 0 Å². The standard InChI is InChI=1S/C3H3BrN2/c4-3-1-5-2-6-3/h1-3H/t3-/m0/s1. The molecule has 0 aliphatic carbocycles. The second-order valence-electron chi connectivity index (χ2n) is 0.935. The summed E-state index contributed by atoms with van der Waals surface area (Å²) in [7, 11) is 0. The Morgan fingerprint density at radius 1 is 1.67 bits per heavy atom. The predicted octanol–water partition coefficient (Wildman–Crippen LogP) is 0.820. The molecule has 0 aromatic heterocycles. The largest absolute Gasteiger partial charge is 0.253 e. The molecule has 0 saturated heterocycles. The lowest BCUT2D eigenvalue weighted by Crippen LogP contribution is -1.84. The summed E-state index contributed by atoms with van der Waals surface area (Å²) >= 11 is 3.19. The fraction of sp³-hybridized carbons (Fsp3) is 0.333. The van der Waals surface area contributed by atoms with E-state index in [-0.39, 0.29) is 4.95 Å². The molecule has 0 N–H and O–H groups in total. The van der Waals surface area contributed by atoms with Crippen molar-refractivity contribution in [3.8, 4) is 0 Å². The fourth-order valence-corrected chi connectivity index (χ4v) is 0.492. The quantitative estimate of drug-likeness (QED) is 0.358. The molecule has 0 fully saturated rings. The van der Waals surface area contributed by atoms with Gasteiger partial charge in [-0.15, -0.1) is 0 Å². The predicted molar refractivity (Wildman–Crippen MR) is 29.7 cm³/mol. The molecule has 1 atom stereocenters. The first-order chi connectivity index (χ1) is 2.89. The van der Waals surface area contributed by atoms with Crippen molar-refractivity contribution in [1.82, 2.24) is 0 Å². The van der Waals surface area contributed by atoms with Crippen LogP contribution in [0.25, 0.3) is 0 Å². The first kappa shape index (κ1) is 3.99. The molecule has 1 heterocycles. The summed E-state index contributed by atoms with van der Waals surface area (Å²) in [5.41, 5.74) is 0. The van der Waals surface area contributed by atoms with Gasteiger partial charge in [0.15, 0.2) is 0 Å². The van der Waals surface area contributed by atoms with Gasteiger partial charge in [-0.3, -0.25) is 4.99 Å². The first-order valence-corrected chi connectivity index (χ1v) is 2.50. The zero-order valence-corrected chi connectivity index (χ0v) is 4.59. The van der Waals surface area contributed by atoms with Crippen molar-refractivity contribution in [2.75, 3.05) is 0 Å². The van der Waals surface area contributed by atoms with E-state index >= 15 is 0 Å². The normalized spacial score (nSPS) is 29.2. The van der Waals surface area contributed by atoms with Gasteiger partial charge in [0.1, 0.15) is 11.3 Å². The molecule has 6 heavy (non-hydrogen) atoms. The van der Waals surface area contributed by atoms with Crippen LogP contribution in [-0.4, -0.2) is 17.5 Å². The Bertz CT molecular complexity index is 85.0. The van der Waals surface area contributed by atoms with E-state index in [9.17, 15) is 0 Å². The zero-order chi connectivity index (χ0) is 4.41. The number of alkyl halides is 1. The average Bonchev–Trinajstić information content (AvgIpc) is 1.86. The van der Waals surface area contributed by atoms with Crippen molar-refractivity contribution in [3.05, 3.63) is 0 Å². The van der Waals surface area contributed by atoms with E-state index in [1.54, 1.807) is 6.21 Å². The Labute approximate surface area is 44.1 Å². The van der Waals surface area contributed by atoms with E-state index in [2.05, 4.69) is 25.9 Å². The molecular formula is C3H3BrN2. The highest BCUT2D eigenvalue weighted by molar-refractivity contribution is 9.09. The van der Waals surface area contributed by atoms with E-state index in [4.69, 9.17) is 0 Å². The highest BCUT2D eigenvalue weighted by atomic mass is 79.9. The second-order valence-corrected chi connectivity index (χ2v) is 1.87. The zero-order valence-electron chi connectivity index (χ0n) is 3.00. The van der Waals surface area contributed by atoms with Crippen LogP contribution < -0.4 is 0 Å². The van der Waals surface area contributed by atoms with Crippen molar-refractivity contribution in [2.45, 2.75) is 4.95 Å². The molecule has 0 unspecified atom stereocenters. The van der Waals surface area contributed by atoms with Crippen LogP contribution in [0.2, 0.25) is 0 Å². The summed E-state index contributed by atoms with van der Waals surface area (Å²) in [5, 5.41) is 0.